The van der Waals surface area contributed by atoms with E-state index in [-0.39, 0.29) is 0 Å². The number of nitrogens with one attached hydrogen (secondary N) is 1. The van der Waals surface area contributed by atoms with Gasteiger partial charge in [-0.15, -0.1) is 0 Å². The van der Waals surface area contributed by atoms with Crippen molar-refractivity contribution in [1.29, 1.82) is 0 Å². The average Bonchev–Trinajstić information content (AvgIpc) is 3.93. The van der Waals surface area contributed by atoms with E-state index in [2.05, 4.69) is 95.9 Å². The quantitative estimate of drug-likeness (QED) is 0.255. The van der Waals surface area contributed by atoms with Crippen molar-refractivity contribution >= 4 is 41.3 Å². The maximum absolute atomic E-state index is 5.63. The smallest absolute Gasteiger partial charge is 0.0594 e. The number of ether oxygens (including phenoxy) is 2. The molecule has 9 heteroatoms. The summed E-state index contributed by atoms with van der Waals surface area (Å²) in [5.41, 5.74) is 5.33. The minimum absolute atomic E-state index is 0.856. The number of rotatable bonds is 15. The predicted molar refractivity (Wildman–Crippen MR) is 222 cm³/mol. The van der Waals surface area contributed by atoms with Crippen LogP contribution in [-0.2, 0) is 16.0 Å². The molecule has 6 aliphatic rings. The highest BCUT2D eigenvalue weighted by molar-refractivity contribution is 5.95. The Morgan fingerprint density at radius 3 is 1.69 bits per heavy atom. The van der Waals surface area contributed by atoms with Gasteiger partial charge >= 0.3 is 0 Å². The lowest BCUT2D eigenvalue weighted by molar-refractivity contribution is 0.0370. The van der Waals surface area contributed by atoms with Crippen LogP contribution in [0.15, 0.2) is 36.4 Å². The third kappa shape index (κ3) is 8.37. The molecule has 9 nitrogen and oxygen atoms in total. The molecule has 0 amide bonds. The molecule has 1 N–H and O–H groups in total. The molecule has 0 aliphatic carbocycles. The Morgan fingerprint density at radius 1 is 0.519 bits per heavy atom. The van der Waals surface area contributed by atoms with Gasteiger partial charge in [0.25, 0.3) is 0 Å². The van der Waals surface area contributed by atoms with Gasteiger partial charge in [0.05, 0.1) is 26.4 Å². The average molecular weight is 732 g/mol. The summed E-state index contributed by atoms with van der Waals surface area (Å²) in [6.07, 6.45) is 17.3. The van der Waals surface area contributed by atoms with Crippen LogP contribution >= 0.6 is 0 Å². The van der Waals surface area contributed by atoms with Crippen LogP contribution in [0.1, 0.15) is 44.1 Å². The Labute approximate surface area is 321 Å². The summed E-state index contributed by atoms with van der Waals surface area (Å²) in [4.78, 5) is 15.3. The number of hydrogen-bond donors (Lipinski definition) is 1. The standard InChI is InChI=1S/C45H61N7O2/c1-2-13-47(12-1)20-11-46-43-30-39-33-51(18-5-16-48-21-25-53-26-22-48)34-41-40(37-9-7-36(8-10-37)31-50-14-3-4-15-50)29-38-32-52(35-42(43)45(38)44(39)41)19-6-17-49-23-27-54-28-24-49/h7-10,29-30,32-35,46H,1-6,11-28,31H2. The lowest BCUT2D eigenvalue weighted by Gasteiger charge is -2.29. The van der Waals surface area contributed by atoms with Crippen LogP contribution in [0.3, 0.4) is 0 Å². The van der Waals surface area contributed by atoms with E-state index in [1.165, 1.54) is 106 Å². The predicted octanol–water partition coefficient (Wildman–Crippen LogP) is 2.64. The summed E-state index contributed by atoms with van der Waals surface area (Å²) in [5, 5.41) is 12.1. The van der Waals surface area contributed by atoms with Gasteiger partial charge in [0, 0.05) is 129 Å². The van der Waals surface area contributed by atoms with Gasteiger partial charge < -0.3 is 29.5 Å². The van der Waals surface area contributed by atoms with Gasteiger partial charge in [0.15, 0.2) is 0 Å². The maximum atomic E-state index is 5.63. The maximum Gasteiger partial charge on any atom is 0.0594 e. The van der Waals surface area contributed by atoms with Crippen molar-refractivity contribution in [2.45, 2.75) is 45.1 Å². The molecule has 54 heavy (non-hydrogen) atoms. The van der Waals surface area contributed by atoms with Crippen LogP contribution in [0, 0.1) is 0 Å². The molecule has 0 aromatic heterocycles. The van der Waals surface area contributed by atoms with Crippen molar-refractivity contribution in [1.82, 2.24) is 29.4 Å². The van der Waals surface area contributed by atoms with Gasteiger partial charge in [-0.05, 0) is 98.7 Å². The van der Waals surface area contributed by atoms with Gasteiger partial charge in [-0.3, -0.25) is 14.7 Å². The molecule has 6 aliphatic heterocycles. The first-order valence-electron chi connectivity index (χ1n) is 21.2. The molecule has 3 aromatic rings. The molecule has 6 heterocycles. The number of anilines is 1. The fourth-order valence-corrected chi connectivity index (χ4v) is 9.57. The molecule has 0 saturated carbocycles. The third-order valence-electron chi connectivity index (χ3n) is 12.5. The summed E-state index contributed by atoms with van der Waals surface area (Å²) in [6.45, 7) is 19.9. The molecule has 0 unspecified atom stereocenters. The molecule has 0 radical (unpaired) electrons. The van der Waals surface area contributed by atoms with Gasteiger partial charge in [-0.25, -0.2) is 0 Å². The monoisotopic (exact) mass is 731 g/mol. The van der Waals surface area contributed by atoms with E-state index in [0.29, 0.717) is 0 Å². The normalized spacial score (nSPS) is 20.9. The highest BCUT2D eigenvalue weighted by Gasteiger charge is 2.20. The molecule has 9 rings (SSSR count). The van der Waals surface area contributed by atoms with Crippen LogP contribution in [0.4, 0.5) is 5.69 Å². The molecule has 0 spiro atoms. The van der Waals surface area contributed by atoms with Crippen LogP contribution in [-0.4, -0.2) is 147 Å². The molecular formula is C45H61N7O2. The second-order valence-corrected chi connectivity index (χ2v) is 16.4. The summed E-state index contributed by atoms with van der Waals surface area (Å²) >= 11 is 0. The fraction of sp³-hybridized carbons (Fsp3) is 0.556. The zero-order chi connectivity index (χ0) is 36.1. The van der Waals surface area contributed by atoms with E-state index in [4.69, 9.17) is 9.47 Å². The van der Waals surface area contributed by atoms with Gasteiger partial charge in [0.2, 0.25) is 0 Å². The molecule has 4 saturated heterocycles. The van der Waals surface area contributed by atoms with E-state index >= 15 is 0 Å². The van der Waals surface area contributed by atoms with E-state index in [1.807, 2.05) is 0 Å². The van der Waals surface area contributed by atoms with E-state index < -0.39 is 0 Å². The lowest BCUT2D eigenvalue weighted by atomic mass is 9.92. The molecule has 4 fully saturated rings. The van der Waals surface area contributed by atoms with Crippen molar-refractivity contribution in [2.24, 2.45) is 0 Å². The summed E-state index contributed by atoms with van der Waals surface area (Å²) in [7, 11) is 0. The van der Waals surface area contributed by atoms with Crippen molar-refractivity contribution in [3.05, 3.63) is 62.8 Å². The van der Waals surface area contributed by atoms with Gasteiger partial charge in [0.1, 0.15) is 0 Å². The molecule has 0 atom stereocenters. The molecule has 3 aromatic carbocycles. The Balaban J connectivity index is 1.09. The van der Waals surface area contributed by atoms with Crippen molar-refractivity contribution in [2.75, 3.05) is 123 Å². The first-order chi connectivity index (χ1) is 26.7. The second-order valence-electron chi connectivity index (χ2n) is 16.4. The summed E-state index contributed by atoms with van der Waals surface area (Å²) < 4.78 is 11.2. The minimum atomic E-state index is 0.856. The third-order valence-corrected chi connectivity index (χ3v) is 12.5. The number of benzene rings is 3. The zero-order valence-electron chi connectivity index (χ0n) is 32.5. The van der Waals surface area contributed by atoms with Crippen LogP contribution < -0.4 is 26.2 Å². The fourth-order valence-electron chi connectivity index (χ4n) is 9.57. The molecule has 288 valence electrons. The van der Waals surface area contributed by atoms with Crippen molar-refractivity contribution < 1.29 is 9.47 Å². The lowest BCUT2D eigenvalue weighted by Crippen LogP contribution is -2.40. The zero-order valence-corrected chi connectivity index (χ0v) is 32.5. The minimum Gasteiger partial charge on any atom is -0.383 e. The first-order valence-corrected chi connectivity index (χ1v) is 21.2. The van der Waals surface area contributed by atoms with E-state index in [1.54, 1.807) is 0 Å². The Bertz CT molecular complexity index is 1990. The van der Waals surface area contributed by atoms with Crippen LogP contribution in [0.2, 0.25) is 0 Å². The topological polar surface area (TPSA) is 49.9 Å². The second kappa shape index (κ2) is 17.1. The van der Waals surface area contributed by atoms with E-state index in [0.717, 1.165) is 111 Å². The van der Waals surface area contributed by atoms with E-state index in [9.17, 15) is 0 Å². The number of likely N-dealkylation sites (tertiary alicyclic amines) is 2. The van der Waals surface area contributed by atoms with Gasteiger partial charge in [-0.1, -0.05) is 24.3 Å². The Kier molecular flexibility index (Phi) is 11.5. The molecular weight excluding hydrogens is 671 g/mol. The highest BCUT2D eigenvalue weighted by atomic mass is 16.5. The first kappa shape index (κ1) is 36.2. The Morgan fingerprint density at radius 2 is 1.06 bits per heavy atom. The number of hydrogen-bond acceptors (Lipinski definition) is 9. The SMILES string of the molecule is C1=c2cc(-c3ccc(CN4CCCC4)cc3)c3c4c(cc(NCCN5CCCC5)c(c24)=CN1CCCN1CCOCC1)=CN(CCCN1CCOCC1)C=3. The summed E-state index contributed by atoms with van der Waals surface area (Å²) in [5.74, 6) is 0. The van der Waals surface area contributed by atoms with Crippen LogP contribution in [0.25, 0.3) is 46.7 Å². The Hall–Kier alpha value is -3.44. The summed E-state index contributed by atoms with van der Waals surface area (Å²) in [6, 6.07) is 14.5. The number of morpholine rings is 2. The van der Waals surface area contributed by atoms with Crippen LogP contribution in [0.5, 0.6) is 0 Å². The van der Waals surface area contributed by atoms with Crippen molar-refractivity contribution in [3.8, 4) is 11.1 Å². The molecule has 0 bridgehead atoms. The number of nitrogens with zero attached hydrogens (tertiary/aromatic N) is 6. The van der Waals surface area contributed by atoms with Crippen molar-refractivity contribution in [3.63, 3.8) is 0 Å². The van der Waals surface area contributed by atoms with Gasteiger partial charge in [-0.2, -0.15) is 0 Å². The largest absolute Gasteiger partial charge is 0.383 e. The highest BCUT2D eigenvalue weighted by Crippen LogP contribution is 2.22.